The number of hydrogen-bond donors (Lipinski definition) is 0. The van der Waals surface area contributed by atoms with Gasteiger partial charge in [0.1, 0.15) is 16.8 Å². The number of nitrogens with zero attached hydrogens (tertiary/aromatic N) is 3. The van der Waals surface area contributed by atoms with Gasteiger partial charge in [-0.15, -0.1) is 0 Å². The normalized spacial score (nSPS) is 24.7. The highest BCUT2D eigenvalue weighted by Gasteiger charge is 2.27. The first-order valence-electron chi connectivity index (χ1n) is 6.28. The van der Waals surface area contributed by atoms with E-state index in [2.05, 4.69) is 42.6 Å². The second-order valence-electron chi connectivity index (χ2n) is 5.40. The summed E-state index contributed by atoms with van der Waals surface area (Å²) in [6, 6.07) is 2.41. The predicted octanol–water partition coefficient (Wildman–Crippen LogP) is 3.49. The monoisotopic (exact) mass is 253 g/mol. The third kappa shape index (κ3) is 2.71. The molecule has 2 rings (SSSR count). The molecule has 1 aliphatic heterocycles. The molecule has 0 bridgehead atoms. The van der Waals surface area contributed by atoms with Crippen LogP contribution in [-0.4, -0.2) is 22.6 Å². The molecule has 0 spiro atoms. The average molecular weight is 254 g/mol. The van der Waals surface area contributed by atoms with Gasteiger partial charge < -0.3 is 4.90 Å². The van der Waals surface area contributed by atoms with Gasteiger partial charge in [-0.05, 0) is 19.3 Å². The van der Waals surface area contributed by atoms with Crippen molar-refractivity contribution < 1.29 is 0 Å². The third-order valence-electron chi connectivity index (χ3n) is 3.29. The molecule has 2 heterocycles. The SMILES string of the molecule is CC1CC(C)N(c2cc(Cl)nc(C(C)C)n2)C1. The van der Waals surface area contributed by atoms with E-state index in [0.29, 0.717) is 17.1 Å². The van der Waals surface area contributed by atoms with Crippen LogP contribution in [0.5, 0.6) is 0 Å². The molecule has 0 N–H and O–H groups in total. The van der Waals surface area contributed by atoms with Crippen LogP contribution in [0.4, 0.5) is 5.82 Å². The zero-order valence-corrected chi connectivity index (χ0v) is 11.7. The molecule has 1 aromatic heterocycles. The van der Waals surface area contributed by atoms with Crippen molar-refractivity contribution in [3.05, 3.63) is 17.0 Å². The van der Waals surface area contributed by atoms with Crippen LogP contribution in [0.1, 0.15) is 45.9 Å². The van der Waals surface area contributed by atoms with Crippen LogP contribution in [0.2, 0.25) is 5.15 Å². The number of anilines is 1. The summed E-state index contributed by atoms with van der Waals surface area (Å²) in [5.74, 6) is 2.84. The highest BCUT2D eigenvalue weighted by molar-refractivity contribution is 6.29. The van der Waals surface area contributed by atoms with Gasteiger partial charge in [0.25, 0.3) is 0 Å². The molecule has 4 heteroatoms. The van der Waals surface area contributed by atoms with Gasteiger partial charge in [0.15, 0.2) is 0 Å². The fraction of sp³-hybridized carbons (Fsp3) is 0.692. The summed E-state index contributed by atoms with van der Waals surface area (Å²) in [4.78, 5) is 11.2. The Balaban J connectivity index is 2.32. The molecule has 0 aromatic carbocycles. The summed E-state index contributed by atoms with van der Waals surface area (Å²) in [7, 11) is 0. The largest absolute Gasteiger partial charge is 0.353 e. The predicted molar refractivity (Wildman–Crippen MR) is 71.7 cm³/mol. The summed E-state index contributed by atoms with van der Waals surface area (Å²) in [5.41, 5.74) is 0. The summed E-state index contributed by atoms with van der Waals surface area (Å²) >= 11 is 6.08. The van der Waals surface area contributed by atoms with E-state index in [-0.39, 0.29) is 0 Å². The Morgan fingerprint density at radius 3 is 2.59 bits per heavy atom. The van der Waals surface area contributed by atoms with E-state index in [9.17, 15) is 0 Å². The zero-order chi connectivity index (χ0) is 12.6. The minimum atomic E-state index is 0.308. The van der Waals surface area contributed by atoms with Crippen molar-refractivity contribution in [1.29, 1.82) is 0 Å². The molecule has 17 heavy (non-hydrogen) atoms. The standard InChI is InChI=1S/C13H20ClN3/c1-8(2)13-15-11(14)6-12(16-13)17-7-9(3)5-10(17)4/h6,8-10H,5,7H2,1-4H3. The molecule has 1 fully saturated rings. The van der Waals surface area contributed by atoms with Crippen molar-refractivity contribution in [1.82, 2.24) is 9.97 Å². The molecule has 2 atom stereocenters. The first-order chi connectivity index (χ1) is 7.97. The average Bonchev–Trinajstić information content (AvgIpc) is 2.57. The molecule has 2 unspecified atom stereocenters. The van der Waals surface area contributed by atoms with Crippen molar-refractivity contribution in [3.63, 3.8) is 0 Å². The Bertz CT molecular complexity index is 406. The van der Waals surface area contributed by atoms with Crippen LogP contribution in [0.25, 0.3) is 0 Å². The van der Waals surface area contributed by atoms with Crippen molar-refractivity contribution in [3.8, 4) is 0 Å². The Morgan fingerprint density at radius 1 is 1.35 bits per heavy atom. The van der Waals surface area contributed by atoms with Crippen LogP contribution in [0.15, 0.2) is 6.07 Å². The maximum absolute atomic E-state index is 6.08. The first kappa shape index (κ1) is 12.6. The Hall–Kier alpha value is -0.830. The van der Waals surface area contributed by atoms with Gasteiger partial charge >= 0.3 is 0 Å². The second kappa shape index (κ2) is 4.81. The van der Waals surface area contributed by atoms with Crippen molar-refractivity contribution in [2.24, 2.45) is 5.92 Å². The van der Waals surface area contributed by atoms with Crippen LogP contribution >= 0.6 is 11.6 Å². The highest BCUT2D eigenvalue weighted by atomic mass is 35.5. The van der Waals surface area contributed by atoms with Gasteiger partial charge in [0, 0.05) is 24.6 Å². The van der Waals surface area contributed by atoms with Crippen molar-refractivity contribution in [2.45, 2.75) is 46.1 Å². The van der Waals surface area contributed by atoms with Crippen LogP contribution < -0.4 is 4.90 Å². The quantitative estimate of drug-likeness (QED) is 0.756. The van der Waals surface area contributed by atoms with Gasteiger partial charge in [0.05, 0.1) is 0 Å². The fourth-order valence-corrected chi connectivity index (χ4v) is 2.63. The lowest BCUT2D eigenvalue weighted by molar-refractivity contribution is 0.625. The number of aromatic nitrogens is 2. The fourth-order valence-electron chi connectivity index (χ4n) is 2.45. The van der Waals surface area contributed by atoms with Crippen molar-refractivity contribution in [2.75, 3.05) is 11.4 Å². The number of halogens is 1. The second-order valence-corrected chi connectivity index (χ2v) is 5.79. The highest BCUT2D eigenvalue weighted by Crippen LogP contribution is 2.29. The molecule has 0 amide bonds. The van der Waals surface area contributed by atoms with E-state index >= 15 is 0 Å². The maximum Gasteiger partial charge on any atom is 0.135 e. The van der Waals surface area contributed by atoms with Gasteiger partial charge in [0.2, 0.25) is 0 Å². The minimum Gasteiger partial charge on any atom is -0.353 e. The number of rotatable bonds is 2. The molecule has 1 saturated heterocycles. The number of hydrogen-bond acceptors (Lipinski definition) is 3. The van der Waals surface area contributed by atoms with E-state index in [1.54, 1.807) is 0 Å². The van der Waals surface area contributed by atoms with Gasteiger partial charge in [-0.25, -0.2) is 9.97 Å². The van der Waals surface area contributed by atoms with Crippen LogP contribution in [-0.2, 0) is 0 Å². The lowest BCUT2D eigenvalue weighted by Crippen LogP contribution is -2.28. The Labute approximate surface area is 108 Å². The Kier molecular flexibility index (Phi) is 3.57. The van der Waals surface area contributed by atoms with E-state index in [4.69, 9.17) is 11.6 Å². The first-order valence-corrected chi connectivity index (χ1v) is 6.66. The molecule has 1 aromatic rings. The lowest BCUT2D eigenvalue weighted by atomic mass is 10.1. The summed E-state index contributed by atoms with van der Waals surface area (Å²) in [6.07, 6.45) is 1.22. The zero-order valence-electron chi connectivity index (χ0n) is 10.9. The topological polar surface area (TPSA) is 29.0 Å². The van der Waals surface area contributed by atoms with Gasteiger partial charge in [-0.2, -0.15) is 0 Å². The molecule has 1 aliphatic rings. The summed E-state index contributed by atoms with van der Waals surface area (Å²) in [6.45, 7) is 9.76. The van der Waals surface area contributed by atoms with E-state index in [0.717, 1.165) is 24.1 Å². The lowest BCUT2D eigenvalue weighted by Gasteiger charge is -2.23. The maximum atomic E-state index is 6.08. The van der Waals surface area contributed by atoms with E-state index in [1.807, 2.05) is 6.07 Å². The molecule has 0 aliphatic carbocycles. The van der Waals surface area contributed by atoms with Gasteiger partial charge in [-0.1, -0.05) is 32.4 Å². The van der Waals surface area contributed by atoms with Crippen LogP contribution in [0.3, 0.4) is 0 Å². The summed E-state index contributed by atoms with van der Waals surface area (Å²) < 4.78 is 0. The van der Waals surface area contributed by atoms with E-state index in [1.165, 1.54) is 6.42 Å². The molecule has 0 saturated carbocycles. The third-order valence-corrected chi connectivity index (χ3v) is 3.49. The molecule has 94 valence electrons. The minimum absolute atomic E-state index is 0.308. The molecule has 0 radical (unpaired) electrons. The van der Waals surface area contributed by atoms with Gasteiger partial charge in [-0.3, -0.25) is 0 Å². The van der Waals surface area contributed by atoms with E-state index < -0.39 is 0 Å². The van der Waals surface area contributed by atoms with Crippen molar-refractivity contribution >= 4 is 17.4 Å². The molecular weight excluding hydrogens is 234 g/mol. The van der Waals surface area contributed by atoms with Crippen LogP contribution in [0, 0.1) is 5.92 Å². The smallest absolute Gasteiger partial charge is 0.135 e. The molecular formula is C13H20ClN3. The summed E-state index contributed by atoms with van der Waals surface area (Å²) in [5, 5.41) is 0.547. The molecule has 3 nitrogen and oxygen atoms in total. The Morgan fingerprint density at radius 2 is 2.06 bits per heavy atom.